The maximum Gasteiger partial charge on any atom is 0.0494 e. The largest absolute Gasteiger partial charge is 0.396 e. The van der Waals surface area contributed by atoms with Crippen molar-refractivity contribution in [1.82, 2.24) is 5.32 Å². The Morgan fingerprint density at radius 1 is 1.25 bits per heavy atom. The van der Waals surface area contributed by atoms with Crippen molar-refractivity contribution in [3.8, 4) is 0 Å². The smallest absolute Gasteiger partial charge is 0.0494 e. The molecule has 0 aromatic rings. The Balaban J connectivity index is 2.44. The van der Waals surface area contributed by atoms with Gasteiger partial charge in [0.2, 0.25) is 0 Å². The Morgan fingerprint density at radius 3 is 2.44 bits per heavy atom. The molecule has 0 spiro atoms. The highest BCUT2D eigenvalue weighted by atomic mass is 16.3. The van der Waals surface area contributed by atoms with Crippen molar-refractivity contribution in [3.05, 3.63) is 0 Å². The molecule has 2 heteroatoms. The standard InChI is InChI=1S/C14H29NO/c1-11(2)12-7-5-6-8-13(12)15-9-14(3,4)10-16/h11-13,15-16H,5-10H2,1-4H3. The van der Waals surface area contributed by atoms with Gasteiger partial charge in [-0.15, -0.1) is 0 Å². The van der Waals surface area contributed by atoms with Gasteiger partial charge in [0.05, 0.1) is 0 Å². The molecule has 2 N–H and O–H groups in total. The second-order valence-corrected chi connectivity index (χ2v) is 6.50. The van der Waals surface area contributed by atoms with E-state index in [1.54, 1.807) is 0 Å². The zero-order chi connectivity index (χ0) is 12.2. The molecule has 1 rings (SSSR count). The Hall–Kier alpha value is -0.0800. The molecule has 2 nitrogen and oxygen atoms in total. The summed E-state index contributed by atoms with van der Waals surface area (Å²) in [5.41, 5.74) is 0.0129. The van der Waals surface area contributed by atoms with Crippen molar-refractivity contribution in [2.45, 2.75) is 59.4 Å². The number of hydrogen-bond donors (Lipinski definition) is 2. The summed E-state index contributed by atoms with van der Waals surface area (Å²) in [6.45, 7) is 10.1. The van der Waals surface area contributed by atoms with Crippen LogP contribution in [0.2, 0.25) is 0 Å². The average Bonchev–Trinajstić information content (AvgIpc) is 2.27. The van der Waals surface area contributed by atoms with E-state index in [1.165, 1.54) is 25.7 Å². The molecule has 1 aliphatic rings. The molecule has 16 heavy (non-hydrogen) atoms. The molecule has 0 amide bonds. The van der Waals surface area contributed by atoms with Crippen molar-refractivity contribution in [3.63, 3.8) is 0 Å². The van der Waals surface area contributed by atoms with Crippen LogP contribution in [0.4, 0.5) is 0 Å². The number of rotatable bonds is 5. The summed E-state index contributed by atoms with van der Waals surface area (Å²) in [7, 11) is 0. The minimum absolute atomic E-state index is 0.0129. The number of hydrogen-bond acceptors (Lipinski definition) is 2. The number of nitrogens with one attached hydrogen (secondary N) is 1. The van der Waals surface area contributed by atoms with Gasteiger partial charge in [0.15, 0.2) is 0 Å². The van der Waals surface area contributed by atoms with E-state index in [9.17, 15) is 5.11 Å². The Morgan fingerprint density at radius 2 is 1.88 bits per heavy atom. The SMILES string of the molecule is CC(C)C1CCCCC1NCC(C)(C)CO. The van der Waals surface area contributed by atoms with Crippen LogP contribution in [0.25, 0.3) is 0 Å². The van der Waals surface area contributed by atoms with Gasteiger partial charge in [-0.3, -0.25) is 0 Å². The van der Waals surface area contributed by atoms with E-state index >= 15 is 0 Å². The van der Waals surface area contributed by atoms with E-state index < -0.39 is 0 Å². The minimum atomic E-state index is 0.0129. The molecule has 0 aliphatic heterocycles. The maximum absolute atomic E-state index is 9.26. The van der Waals surface area contributed by atoms with Crippen LogP contribution in [-0.2, 0) is 0 Å². The lowest BCUT2D eigenvalue weighted by atomic mass is 9.77. The monoisotopic (exact) mass is 227 g/mol. The maximum atomic E-state index is 9.26. The number of aliphatic hydroxyl groups is 1. The lowest BCUT2D eigenvalue weighted by molar-refractivity contribution is 0.134. The molecule has 96 valence electrons. The molecule has 1 aliphatic carbocycles. The van der Waals surface area contributed by atoms with E-state index in [1.807, 2.05) is 0 Å². The van der Waals surface area contributed by atoms with Crippen molar-refractivity contribution >= 4 is 0 Å². The zero-order valence-corrected chi connectivity index (χ0v) is 11.4. The molecule has 0 aromatic heterocycles. The summed E-state index contributed by atoms with van der Waals surface area (Å²) in [6.07, 6.45) is 5.43. The van der Waals surface area contributed by atoms with Crippen LogP contribution in [0.15, 0.2) is 0 Å². The third kappa shape index (κ3) is 4.06. The second-order valence-electron chi connectivity index (χ2n) is 6.50. The molecule has 0 radical (unpaired) electrons. The van der Waals surface area contributed by atoms with Gasteiger partial charge in [-0.1, -0.05) is 40.5 Å². The van der Waals surface area contributed by atoms with Crippen LogP contribution in [0.3, 0.4) is 0 Å². The average molecular weight is 227 g/mol. The highest BCUT2D eigenvalue weighted by Crippen LogP contribution is 2.30. The normalized spacial score (nSPS) is 27.4. The van der Waals surface area contributed by atoms with Crippen LogP contribution >= 0.6 is 0 Å². The van der Waals surface area contributed by atoms with Crippen molar-refractivity contribution in [2.75, 3.05) is 13.2 Å². The van der Waals surface area contributed by atoms with Crippen LogP contribution in [-0.4, -0.2) is 24.3 Å². The second kappa shape index (κ2) is 6.02. The van der Waals surface area contributed by atoms with Gasteiger partial charge in [-0.25, -0.2) is 0 Å². The van der Waals surface area contributed by atoms with Crippen LogP contribution in [0, 0.1) is 17.3 Å². The Kier molecular flexibility index (Phi) is 5.26. The molecule has 2 atom stereocenters. The predicted octanol–water partition coefficient (Wildman–Crippen LogP) is 2.81. The summed E-state index contributed by atoms with van der Waals surface area (Å²) < 4.78 is 0. The van der Waals surface area contributed by atoms with E-state index in [2.05, 4.69) is 33.0 Å². The first-order valence-corrected chi connectivity index (χ1v) is 6.80. The fourth-order valence-electron chi connectivity index (χ4n) is 2.67. The van der Waals surface area contributed by atoms with E-state index in [-0.39, 0.29) is 12.0 Å². The molecule has 0 saturated heterocycles. The first-order chi connectivity index (χ1) is 7.46. The molecular formula is C14H29NO. The first-order valence-electron chi connectivity index (χ1n) is 6.80. The third-order valence-corrected chi connectivity index (χ3v) is 3.95. The minimum Gasteiger partial charge on any atom is -0.396 e. The van der Waals surface area contributed by atoms with Gasteiger partial charge in [0.25, 0.3) is 0 Å². The molecule has 0 heterocycles. The summed E-state index contributed by atoms with van der Waals surface area (Å²) in [6, 6.07) is 0.666. The Bertz CT molecular complexity index is 201. The molecule has 1 saturated carbocycles. The van der Waals surface area contributed by atoms with E-state index in [0.717, 1.165) is 18.4 Å². The predicted molar refractivity (Wildman–Crippen MR) is 69.5 cm³/mol. The summed E-state index contributed by atoms with van der Waals surface area (Å²) in [5.74, 6) is 1.60. The highest BCUT2D eigenvalue weighted by molar-refractivity contribution is 4.84. The van der Waals surface area contributed by atoms with Crippen LogP contribution in [0.5, 0.6) is 0 Å². The van der Waals surface area contributed by atoms with Crippen LogP contribution < -0.4 is 5.32 Å². The summed E-state index contributed by atoms with van der Waals surface area (Å²) in [4.78, 5) is 0. The first kappa shape index (κ1) is 14.0. The lowest BCUT2D eigenvalue weighted by Crippen LogP contribution is -2.45. The fraction of sp³-hybridized carbons (Fsp3) is 1.00. The Labute approximate surface area is 101 Å². The topological polar surface area (TPSA) is 32.3 Å². The van der Waals surface area contributed by atoms with Crippen LogP contribution in [0.1, 0.15) is 53.4 Å². The molecule has 0 aromatic carbocycles. The van der Waals surface area contributed by atoms with E-state index in [4.69, 9.17) is 0 Å². The van der Waals surface area contributed by atoms with Crippen molar-refractivity contribution < 1.29 is 5.11 Å². The fourth-order valence-corrected chi connectivity index (χ4v) is 2.67. The molecule has 2 unspecified atom stereocenters. The van der Waals surface area contributed by atoms with Crippen molar-refractivity contribution in [1.29, 1.82) is 0 Å². The van der Waals surface area contributed by atoms with Gasteiger partial charge < -0.3 is 10.4 Å². The molecule has 1 fully saturated rings. The van der Waals surface area contributed by atoms with Gasteiger partial charge in [0.1, 0.15) is 0 Å². The summed E-state index contributed by atoms with van der Waals surface area (Å²) in [5, 5.41) is 12.9. The zero-order valence-electron chi connectivity index (χ0n) is 11.4. The van der Waals surface area contributed by atoms with E-state index in [0.29, 0.717) is 6.04 Å². The molecule has 0 bridgehead atoms. The number of aliphatic hydroxyl groups excluding tert-OH is 1. The quantitative estimate of drug-likeness (QED) is 0.757. The highest BCUT2D eigenvalue weighted by Gasteiger charge is 2.28. The lowest BCUT2D eigenvalue weighted by Gasteiger charge is -2.37. The van der Waals surface area contributed by atoms with Gasteiger partial charge in [0, 0.05) is 24.6 Å². The summed E-state index contributed by atoms with van der Waals surface area (Å²) >= 11 is 0. The third-order valence-electron chi connectivity index (χ3n) is 3.95. The van der Waals surface area contributed by atoms with Crippen molar-refractivity contribution in [2.24, 2.45) is 17.3 Å². The molecular weight excluding hydrogens is 198 g/mol. The van der Waals surface area contributed by atoms with Gasteiger partial charge in [-0.2, -0.15) is 0 Å². The van der Waals surface area contributed by atoms with Gasteiger partial charge in [-0.05, 0) is 24.7 Å². The van der Waals surface area contributed by atoms with Gasteiger partial charge >= 0.3 is 0 Å².